The fraction of sp³-hybridized carbons (Fsp3) is 0.0588. The second-order valence-corrected chi connectivity index (χ2v) is 5.83. The Labute approximate surface area is 142 Å². The number of ether oxygens (including phenoxy) is 1. The van der Waals surface area contributed by atoms with Gasteiger partial charge in [-0.05, 0) is 24.3 Å². The number of benzene rings is 2. The van der Waals surface area contributed by atoms with Crippen molar-refractivity contribution in [3.8, 4) is 0 Å². The fourth-order valence-corrected chi connectivity index (χ4v) is 2.55. The summed E-state index contributed by atoms with van der Waals surface area (Å²) >= 11 is 1.16. The molecular weight excluding hydrogens is 326 g/mol. The van der Waals surface area contributed by atoms with Gasteiger partial charge in [-0.25, -0.2) is 4.79 Å². The van der Waals surface area contributed by atoms with Crippen molar-refractivity contribution in [2.45, 2.75) is 6.61 Å². The lowest BCUT2D eigenvalue weighted by atomic mass is 10.2. The molecule has 3 rings (SSSR count). The lowest BCUT2D eigenvalue weighted by Crippen LogP contribution is -2.11. The molecule has 1 N–H and O–H groups in total. The fourth-order valence-electron chi connectivity index (χ4n) is 1.91. The van der Waals surface area contributed by atoms with Crippen LogP contribution >= 0.6 is 11.3 Å². The molecule has 0 spiro atoms. The van der Waals surface area contributed by atoms with Crippen LogP contribution in [0.3, 0.4) is 0 Å². The minimum atomic E-state index is -0.430. The van der Waals surface area contributed by atoms with Gasteiger partial charge in [0.2, 0.25) is 5.13 Å². The molecule has 0 bridgehead atoms. The van der Waals surface area contributed by atoms with E-state index < -0.39 is 5.97 Å². The zero-order chi connectivity index (χ0) is 16.8. The van der Waals surface area contributed by atoms with Gasteiger partial charge in [0.25, 0.3) is 5.91 Å². The third kappa shape index (κ3) is 4.02. The van der Waals surface area contributed by atoms with Crippen LogP contribution in [0.1, 0.15) is 25.7 Å². The van der Waals surface area contributed by atoms with Crippen LogP contribution in [0.25, 0.3) is 0 Å². The van der Waals surface area contributed by atoms with E-state index in [4.69, 9.17) is 4.74 Å². The summed E-state index contributed by atoms with van der Waals surface area (Å²) in [6.45, 7) is 0.00655. The van der Waals surface area contributed by atoms with Gasteiger partial charge in [0.1, 0.15) is 6.61 Å². The van der Waals surface area contributed by atoms with Gasteiger partial charge in [0.15, 0.2) is 5.01 Å². The molecule has 2 aromatic carbocycles. The van der Waals surface area contributed by atoms with Crippen LogP contribution in [0.15, 0.2) is 60.7 Å². The largest absolute Gasteiger partial charge is 0.455 e. The second-order valence-electron chi connectivity index (χ2n) is 4.76. The van der Waals surface area contributed by atoms with Crippen LogP contribution in [0.2, 0.25) is 0 Å². The minimum Gasteiger partial charge on any atom is -0.455 e. The summed E-state index contributed by atoms with van der Waals surface area (Å²) in [5.74, 6) is -0.694. The van der Waals surface area contributed by atoms with Gasteiger partial charge in [-0.2, -0.15) is 0 Å². The number of nitrogens with zero attached hydrogens (tertiary/aromatic N) is 2. The quantitative estimate of drug-likeness (QED) is 0.722. The molecule has 24 heavy (non-hydrogen) atoms. The Balaban J connectivity index is 1.56. The Kier molecular flexibility index (Phi) is 4.93. The monoisotopic (exact) mass is 339 g/mol. The van der Waals surface area contributed by atoms with Gasteiger partial charge in [-0.1, -0.05) is 47.7 Å². The van der Waals surface area contributed by atoms with E-state index in [0.717, 1.165) is 11.3 Å². The van der Waals surface area contributed by atoms with E-state index >= 15 is 0 Å². The first-order valence-electron chi connectivity index (χ1n) is 7.13. The van der Waals surface area contributed by atoms with Gasteiger partial charge in [-0.3, -0.25) is 10.1 Å². The average molecular weight is 339 g/mol. The maximum Gasteiger partial charge on any atom is 0.338 e. The standard InChI is InChI=1S/C17H13N3O3S/c21-15(12-7-3-1-4-8-12)18-17-20-19-14(24-17)11-23-16(22)13-9-5-2-6-10-13/h1-10H,11H2,(H,18,20,21). The average Bonchev–Trinajstić information content (AvgIpc) is 3.08. The van der Waals surface area contributed by atoms with Crippen molar-refractivity contribution in [1.82, 2.24) is 10.2 Å². The summed E-state index contributed by atoms with van der Waals surface area (Å²) in [5, 5.41) is 11.3. The molecule has 7 heteroatoms. The second kappa shape index (κ2) is 7.47. The molecule has 1 heterocycles. The zero-order valence-corrected chi connectivity index (χ0v) is 13.3. The molecule has 3 aromatic rings. The number of hydrogen-bond acceptors (Lipinski definition) is 6. The molecular formula is C17H13N3O3S. The predicted molar refractivity (Wildman–Crippen MR) is 89.9 cm³/mol. The maximum atomic E-state index is 12.0. The number of hydrogen-bond donors (Lipinski definition) is 1. The molecule has 0 radical (unpaired) electrons. The van der Waals surface area contributed by atoms with Crippen molar-refractivity contribution < 1.29 is 14.3 Å². The summed E-state index contributed by atoms with van der Waals surface area (Å²) in [4.78, 5) is 23.9. The van der Waals surface area contributed by atoms with Crippen molar-refractivity contribution in [1.29, 1.82) is 0 Å². The van der Waals surface area contributed by atoms with Crippen molar-refractivity contribution >= 4 is 28.3 Å². The number of amides is 1. The predicted octanol–water partition coefficient (Wildman–Crippen LogP) is 3.15. The maximum absolute atomic E-state index is 12.0. The summed E-state index contributed by atoms with van der Waals surface area (Å²) in [6.07, 6.45) is 0. The Morgan fingerprint density at radius 2 is 1.54 bits per heavy atom. The van der Waals surface area contributed by atoms with Crippen LogP contribution in [-0.2, 0) is 11.3 Å². The van der Waals surface area contributed by atoms with Gasteiger partial charge in [-0.15, -0.1) is 10.2 Å². The summed E-state index contributed by atoms with van der Waals surface area (Å²) in [7, 11) is 0. The van der Waals surface area contributed by atoms with Crippen LogP contribution in [0.4, 0.5) is 5.13 Å². The van der Waals surface area contributed by atoms with E-state index in [0.29, 0.717) is 21.3 Å². The highest BCUT2D eigenvalue weighted by Crippen LogP contribution is 2.17. The van der Waals surface area contributed by atoms with E-state index in [2.05, 4.69) is 15.5 Å². The number of esters is 1. The number of aromatic nitrogens is 2. The highest BCUT2D eigenvalue weighted by molar-refractivity contribution is 7.15. The first kappa shape index (κ1) is 15.8. The van der Waals surface area contributed by atoms with Crippen LogP contribution < -0.4 is 5.32 Å². The van der Waals surface area contributed by atoms with E-state index in [1.807, 2.05) is 12.1 Å². The van der Waals surface area contributed by atoms with Crippen LogP contribution in [0, 0.1) is 0 Å². The van der Waals surface area contributed by atoms with E-state index in [-0.39, 0.29) is 12.5 Å². The SMILES string of the molecule is O=C(Nc1nnc(COC(=O)c2ccccc2)s1)c1ccccc1. The van der Waals surface area contributed by atoms with Gasteiger partial charge < -0.3 is 4.74 Å². The summed E-state index contributed by atoms with van der Waals surface area (Å²) < 4.78 is 5.17. The van der Waals surface area contributed by atoms with E-state index in [1.165, 1.54) is 0 Å². The first-order chi connectivity index (χ1) is 11.7. The molecule has 120 valence electrons. The normalized spacial score (nSPS) is 10.2. The molecule has 0 saturated heterocycles. The molecule has 0 fully saturated rings. The minimum absolute atomic E-state index is 0.00655. The van der Waals surface area contributed by atoms with Crippen molar-refractivity contribution in [2.24, 2.45) is 0 Å². The molecule has 1 aromatic heterocycles. The summed E-state index contributed by atoms with van der Waals surface area (Å²) in [5.41, 5.74) is 1.00. The Morgan fingerprint density at radius 3 is 2.21 bits per heavy atom. The first-order valence-corrected chi connectivity index (χ1v) is 7.95. The molecule has 0 aliphatic heterocycles. The van der Waals surface area contributed by atoms with Crippen LogP contribution in [-0.4, -0.2) is 22.1 Å². The number of carbonyl (C=O) groups excluding carboxylic acids is 2. The van der Waals surface area contributed by atoms with Crippen LogP contribution in [0.5, 0.6) is 0 Å². The van der Waals surface area contributed by atoms with E-state index in [1.54, 1.807) is 48.5 Å². The Bertz CT molecular complexity index is 835. The lowest BCUT2D eigenvalue weighted by molar-refractivity contribution is 0.0471. The number of carbonyl (C=O) groups is 2. The summed E-state index contributed by atoms with van der Waals surface area (Å²) in [6, 6.07) is 17.5. The third-order valence-electron chi connectivity index (χ3n) is 3.06. The molecule has 0 unspecified atom stereocenters. The van der Waals surface area contributed by atoms with Crippen molar-refractivity contribution in [2.75, 3.05) is 5.32 Å². The number of anilines is 1. The van der Waals surface area contributed by atoms with Gasteiger partial charge >= 0.3 is 5.97 Å². The molecule has 1 amide bonds. The van der Waals surface area contributed by atoms with Crippen molar-refractivity contribution in [3.05, 3.63) is 76.8 Å². The van der Waals surface area contributed by atoms with E-state index in [9.17, 15) is 9.59 Å². The lowest BCUT2D eigenvalue weighted by Gasteiger charge is -2.01. The van der Waals surface area contributed by atoms with Crippen molar-refractivity contribution in [3.63, 3.8) is 0 Å². The smallest absolute Gasteiger partial charge is 0.338 e. The Morgan fingerprint density at radius 1 is 0.917 bits per heavy atom. The number of rotatable bonds is 5. The highest BCUT2D eigenvalue weighted by atomic mass is 32.1. The van der Waals surface area contributed by atoms with Gasteiger partial charge in [0, 0.05) is 5.56 Å². The number of nitrogens with one attached hydrogen (secondary N) is 1. The zero-order valence-electron chi connectivity index (χ0n) is 12.5. The molecule has 6 nitrogen and oxygen atoms in total. The molecule has 0 aliphatic rings. The molecule has 0 aliphatic carbocycles. The molecule has 0 atom stereocenters. The topological polar surface area (TPSA) is 81.2 Å². The third-order valence-corrected chi connectivity index (χ3v) is 3.87. The van der Waals surface area contributed by atoms with Gasteiger partial charge in [0.05, 0.1) is 5.56 Å². The Hall–Kier alpha value is -3.06. The highest BCUT2D eigenvalue weighted by Gasteiger charge is 2.12. The molecule has 0 saturated carbocycles.